The Hall–Kier alpha value is -1.26. The van der Waals surface area contributed by atoms with Crippen molar-refractivity contribution in [3.63, 3.8) is 0 Å². The van der Waals surface area contributed by atoms with Crippen molar-refractivity contribution >= 4 is 41.5 Å². The Bertz CT molecular complexity index is 688. The molecule has 128 valence electrons. The average Bonchev–Trinajstić information content (AvgIpc) is 3.10. The molecule has 2 unspecified atom stereocenters. The Labute approximate surface area is 158 Å². The Morgan fingerprint density at radius 1 is 1.08 bits per heavy atom. The van der Waals surface area contributed by atoms with Crippen LogP contribution >= 0.6 is 35.6 Å². The molecular formula is C18H19Cl3N2O. The van der Waals surface area contributed by atoms with Crippen LogP contribution in [0.1, 0.15) is 23.6 Å². The average molecular weight is 386 g/mol. The van der Waals surface area contributed by atoms with Gasteiger partial charge in [0.1, 0.15) is 0 Å². The zero-order valence-electron chi connectivity index (χ0n) is 13.0. The van der Waals surface area contributed by atoms with E-state index in [1.807, 2.05) is 42.5 Å². The zero-order valence-corrected chi connectivity index (χ0v) is 15.3. The third-order valence-corrected chi connectivity index (χ3v) is 4.87. The molecule has 3 nitrogen and oxygen atoms in total. The van der Waals surface area contributed by atoms with Crippen LogP contribution in [0.2, 0.25) is 10.0 Å². The minimum absolute atomic E-state index is 0. The molecule has 1 amide bonds. The molecule has 3 rings (SSSR count). The molecule has 1 fully saturated rings. The largest absolute Gasteiger partial charge is 0.345 e. The topological polar surface area (TPSA) is 41.1 Å². The summed E-state index contributed by atoms with van der Waals surface area (Å²) in [5.41, 5.74) is 1.94. The first-order chi connectivity index (χ1) is 11.1. The number of halogens is 3. The molecular weight excluding hydrogens is 367 g/mol. The van der Waals surface area contributed by atoms with Gasteiger partial charge in [-0.15, -0.1) is 12.4 Å². The van der Waals surface area contributed by atoms with Crippen LogP contribution in [0.5, 0.6) is 0 Å². The van der Waals surface area contributed by atoms with Crippen molar-refractivity contribution in [3.05, 3.63) is 69.7 Å². The van der Waals surface area contributed by atoms with Crippen molar-refractivity contribution in [1.29, 1.82) is 0 Å². The first kappa shape index (κ1) is 19.1. The molecule has 2 aromatic carbocycles. The van der Waals surface area contributed by atoms with E-state index in [2.05, 4.69) is 10.6 Å². The van der Waals surface area contributed by atoms with Crippen molar-refractivity contribution in [2.75, 3.05) is 13.1 Å². The van der Waals surface area contributed by atoms with Gasteiger partial charge in [0.2, 0.25) is 5.91 Å². The quantitative estimate of drug-likeness (QED) is 0.827. The lowest BCUT2D eigenvalue weighted by Crippen LogP contribution is -2.35. The third-order valence-electron chi connectivity index (χ3n) is 4.13. The third kappa shape index (κ3) is 4.42. The second-order valence-corrected chi connectivity index (χ2v) is 6.53. The molecule has 0 saturated carbocycles. The number of nitrogens with one attached hydrogen (secondary N) is 2. The van der Waals surface area contributed by atoms with E-state index in [9.17, 15) is 4.79 Å². The van der Waals surface area contributed by atoms with Crippen molar-refractivity contribution in [2.45, 2.75) is 12.5 Å². The van der Waals surface area contributed by atoms with Gasteiger partial charge >= 0.3 is 0 Å². The molecule has 1 aliphatic rings. The lowest BCUT2D eigenvalue weighted by Gasteiger charge is -2.22. The molecule has 2 aromatic rings. The second-order valence-electron chi connectivity index (χ2n) is 5.72. The lowest BCUT2D eigenvalue weighted by molar-refractivity contribution is -0.124. The van der Waals surface area contributed by atoms with Gasteiger partial charge in [0.15, 0.2) is 0 Å². The Balaban J connectivity index is 0.00000208. The molecule has 0 aromatic heterocycles. The van der Waals surface area contributed by atoms with E-state index in [-0.39, 0.29) is 30.3 Å². The van der Waals surface area contributed by atoms with E-state index in [0.717, 1.165) is 30.6 Å². The molecule has 1 aliphatic heterocycles. The fourth-order valence-corrected chi connectivity index (χ4v) is 3.14. The van der Waals surface area contributed by atoms with Gasteiger partial charge in [-0.05, 0) is 36.2 Å². The van der Waals surface area contributed by atoms with Gasteiger partial charge < -0.3 is 10.6 Å². The fraction of sp³-hybridized carbons (Fsp3) is 0.278. The lowest BCUT2D eigenvalue weighted by atomic mass is 9.97. The summed E-state index contributed by atoms with van der Waals surface area (Å²) in [6.45, 7) is 1.62. The number of carbonyl (C=O) groups excluding carboxylic acids is 1. The molecule has 1 saturated heterocycles. The molecule has 2 N–H and O–H groups in total. The Kier molecular flexibility index (Phi) is 6.93. The summed E-state index contributed by atoms with van der Waals surface area (Å²) in [5.74, 6) is 0.0823. The second kappa shape index (κ2) is 8.72. The van der Waals surface area contributed by atoms with Gasteiger partial charge in [0.05, 0.1) is 22.0 Å². The SMILES string of the molecule is Cl.O=C(NC(c1ccccc1)c1ccc(Cl)c(Cl)c1)C1CCNC1. The Morgan fingerprint density at radius 2 is 1.83 bits per heavy atom. The number of hydrogen-bond acceptors (Lipinski definition) is 2. The molecule has 6 heteroatoms. The van der Waals surface area contributed by atoms with Crippen LogP contribution in [0.15, 0.2) is 48.5 Å². The summed E-state index contributed by atoms with van der Waals surface area (Å²) in [7, 11) is 0. The van der Waals surface area contributed by atoms with E-state index in [0.29, 0.717) is 10.0 Å². The van der Waals surface area contributed by atoms with E-state index in [1.54, 1.807) is 6.07 Å². The predicted octanol–water partition coefficient (Wildman–Crippen LogP) is 4.23. The van der Waals surface area contributed by atoms with Crippen LogP contribution in [0.25, 0.3) is 0 Å². The van der Waals surface area contributed by atoms with Gasteiger partial charge in [-0.25, -0.2) is 0 Å². The van der Waals surface area contributed by atoms with Crippen LogP contribution in [-0.4, -0.2) is 19.0 Å². The van der Waals surface area contributed by atoms with Crippen molar-refractivity contribution < 1.29 is 4.79 Å². The monoisotopic (exact) mass is 384 g/mol. The zero-order chi connectivity index (χ0) is 16.2. The van der Waals surface area contributed by atoms with Crippen LogP contribution in [0.4, 0.5) is 0 Å². The number of carbonyl (C=O) groups is 1. The highest BCUT2D eigenvalue weighted by atomic mass is 35.5. The summed E-state index contributed by atoms with van der Waals surface area (Å²) < 4.78 is 0. The minimum Gasteiger partial charge on any atom is -0.345 e. The maximum Gasteiger partial charge on any atom is 0.225 e. The summed E-state index contributed by atoms with van der Waals surface area (Å²) in [4.78, 5) is 12.5. The standard InChI is InChI=1S/C18H18Cl2N2O.ClH/c19-15-7-6-13(10-16(15)20)17(12-4-2-1-3-5-12)22-18(23)14-8-9-21-11-14;/h1-7,10,14,17,21H,8-9,11H2,(H,22,23);1H. The van der Waals surface area contributed by atoms with Gasteiger partial charge in [0.25, 0.3) is 0 Å². The van der Waals surface area contributed by atoms with E-state index < -0.39 is 0 Å². The highest BCUT2D eigenvalue weighted by Gasteiger charge is 2.26. The van der Waals surface area contributed by atoms with E-state index >= 15 is 0 Å². The predicted molar refractivity (Wildman–Crippen MR) is 101 cm³/mol. The Morgan fingerprint density at radius 3 is 2.46 bits per heavy atom. The molecule has 0 aliphatic carbocycles. The van der Waals surface area contributed by atoms with Crippen molar-refractivity contribution in [2.24, 2.45) is 5.92 Å². The summed E-state index contributed by atoms with van der Waals surface area (Å²) in [5, 5.41) is 7.38. The van der Waals surface area contributed by atoms with Crippen LogP contribution in [-0.2, 0) is 4.79 Å². The molecule has 0 spiro atoms. The number of amides is 1. The van der Waals surface area contributed by atoms with Gasteiger partial charge in [0, 0.05) is 6.54 Å². The van der Waals surface area contributed by atoms with Gasteiger partial charge in [-0.3, -0.25) is 4.79 Å². The number of hydrogen-bond donors (Lipinski definition) is 2. The van der Waals surface area contributed by atoms with Gasteiger partial charge in [-0.2, -0.15) is 0 Å². The summed E-state index contributed by atoms with van der Waals surface area (Å²) >= 11 is 12.2. The minimum atomic E-state index is -0.237. The first-order valence-corrected chi connectivity index (χ1v) is 8.42. The summed E-state index contributed by atoms with van der Waals surface area (Å²) in [6, 6.07) is 15.1. The van der Waals surface area contributed by atoms with Crippen LogP contribution < -0.4 is 10.6 Å². The van der Waals surface area contributed by atoms with Crippen LogP contribution in [0.3, 0.4) is 0 Å². The smallest absolute Gasteiger partial charge is 0.225 e. The molecule has 24 heavy (non-hydrogen) atoms. The molecule has 1 heterocycles. The number of benzene rings is 2. The maximum atomic E-state index is 12.5. The molecule has 2 atom stereocenters. The highest BCUT2D eigenvalue weighted by Crippen LogP contribution is 2.29. The van der Waals surface area contributed by atoms with E-state index in [4.69, 9.17) is 23.2 Å². The fourth-order valence-electron chi connectivity index (χ4n) is 2.84. The number of rotatable bonds is 4. The highest BCUT2D eigenvalue weighted by molar-refractivity contribution is 6.42. The van der Waals surface area contributed by atoms with Gasteiger partial charge in [-0.1, -0.05) is 59.6 Å². The maximum absolute atomic E-state index is 12.5. The van der Waals surface area contributed by atoms with Crippen LogP contribution in [0, 0.1) is 5.92 Å². The summed E-state index contributed by atoms with van der Waals surface area (Å²) in [6.07, 6.45) is 0.870. The molecule has 0 radical (unpaired) electrons. The van der Waals surface area contributed by atoms with E-state index in [1.165, 1.54) is 0 Å². The molecule has 0 bridgehead atoms. The van der Waals surface area contributed by atoms with Crippen molar-refractivity contribution in [3.8, 4) is 0 Å². The van der Waals surface area contributed by atoms with Crippen molar-refractivity contribution in [1.82, 2.24) is 10.6 Å². The normalized spacial score (nSPS) is 17.8. The first-order valence-electron chi connectivity index (χ1n) is 7.66.